The van der Waals surface area contributed by atoms with Crippen LogP contribution in [0.4, 0.5) is 10.1 Å². The van der Waals surface area contributed by atoms with Crippen LogP contribution in [-0.4, -0.2) is 23.3 Å². The summed E-state index contributed by atoms with van der Waals surface area (Å²) in [5.74, 6) is -2.99. The molecule has 0 saturated heterocycles. The van der Waals surface area contributed by atoms with Crippen LogP contribution in [0.15, 0.2) is 62.7 Å². The second-order valence-corrected chi connectivity index (χ2v) is 7.24. The number of nitriles is 1. The third-order valence-electron chi connectivity index (χ3n) is 4.34. The molecule has 3 N–H and O–H groups in total. The maximum absolute atomic E-state index is 14.0. The Morgan fingerprint density at radius 2 is 2.10 bits per heavy atom. The Morgan fingerprint density at radius 3 is 2.72 bits per heavy atom. The summed E-state index contributed by atoms with van der Waals surface area (Å²) in [6.45, 7) is 1.64. The third kappa shape index (κ3) is 4.38. The average molecular weight is 412 g/mol. The molecule has 2 atom stereocenters. The Hall–Kier alpha value is -3.38. The fourth-order valence-corrected chi connectivity index (χ4v) is 3.90. The molecule has 0 saturated carbocycles. The van der Waals surface area contributed by atoms with Crippen molar-refractivity contribution in [2.24, 2.45) is 16.6 Å². The number of amides is 2. The van der Waals surface area contributed by atoms with Gasteiger partial charge >= 0.3 is 0 Å². The summed E-state index contributed by atoms with van der Waals surface area (Å²) in [5, 5.41) is 12.6. The van der Waals surface area contributed by atoms with Crippen LogP contribution in [0.5, 0.6) is 0 Å². The molecule has 3 rings (SSSR count). The van der Waals surface area contributed by atoms with Gasteiger partial charge in [-0.1, -0.05) is 23.9 Å². The third-order valence-corrected chi connectivity index (χ3v) is 5.35. The number of hydrogen-bond acceptors (Lipinski definition) is 6. The first kappa shape index (κ1) is 20.4. The Morgan fingerprint density at radius 1 is 1.34 bits per heavy atom. The number of benzene rings is 1. The van der Waals surface area contributed by atoms with E-state index in [4.69, 9.17) is 10.2 Å². The van der Waals surface area contributed by atoms with Gasteiger partial charge in [-0.05, 0) is 31.2 Å². The van der Waals surface area contributed by atoms with Crippen molar-refractivity contribution in [3.05, 3.63) is 64.8 Å². The van der Waals surface area contributed by atoms with E-state index < -0.39 is 29.5 Å². The highest BCUT2D eigenvalue weighted by atomic mass is 32.2. The lowest BCUT2D eigenvalue weighted by Gasteiger charge is -2.29. The van der Waals surface area contributed by atoms with Gasteiger partial charge in [-0.15, -0.1) is 0 Å². The number of rotatable bonds is 6. The minimum atomic E-state index is -0.895. The molecule has 0 aliphatic carbocycles. The number of anilines is 1. The van der Waals surface area contributed by atoms with Crippen molar-refractivity contribution in [3.8, 4) is 6.07 Å². The molecule has 29 heavy (non-hydrogen) atoms. The quantitative estimate of drug-likeness (QED) is 0.755. The van der Waals surface area contributed by atoms with Crippen molar-refractivity contribution in [2.75, 3.05) is 11.1 Å². The van der Waals surface area contributed by atoms with Crippen LogP contribution in [0, 0.1) is 23.1 Å². The summed E-state index contributed by atoms with van der Waals surface area (Å²) in [5.41, 5.74) is 5.83. The van der Waals surface area contributed by atoms with Crippen molar-refractivity contribution < 1.29 is 18.4 Å². The lowest BCUT2D eigenvalue weighted by molar-refractivity contribution is -0.118. The Labute approximate surface area is 170 Å². The zero-order valence-electron chi connectivity index (χ0n) is 15.4. The van der Waals surface area contributed by atoms with Gasteiger partial charge in [0.2, 0.25) is 11.8 Å². The van der Waals surface area contributed by atoms with E-state index in [2.05, 4.69) is 16.4 Å². The number of nitrogens with one attached hydrogen (secondary N) is 1. The number of hydrogen-bond donors (Lipinski definition) is 2. The molecule has 2 aromatic rings. The topological polar surface area (TPSA) is 121 Å². The largest absolute Gasteiger partial charge is 0.469 e. The fraction of sp³-hybridized carbons (Fsp3) is 0.200. The van der Waals surface area contributed by atoms with E-state index in [1.165, 1.54) is 24.5 Å². The molecule has 9 heteroatoms. The highest BCUT2D eigenvalue weighted by Gasteiger charge is 2.41. The van der Waals surface area contributed by atoms with Crippen molar-refractivity contribution in [2.45, 2.75) is 12.8 Å². The summed E-state index contributed by atoms with van der Waals surface area (Å²) in [6.07, 6.45) is 1.44. The van der Waals surface area contributed by atoms with Crippen LogP contribution in [-0.2, 0) is 9.59 Å². The van der Waals surface area contributed by atoms with E-state index >= 15 is 0 Å². The fourth-order valence-electron chi connectivity index (χ4n) is 3.09. The normalized spacial score (nSPS) is 18.7. The number of nitrogens with two attached hydrogens (primary N) is 1. The van der Waals surface area contributed by atoms with E-state index in [0.29, 0.717) is 16.5 Å². The number of allylic oxidation sites excluding steroid dienone is 1. The standard InChI is InChI=1S/C20H17FN4O3S/c1-11-17(19(27)25-14-6-3-2-5-13(14)21)18(15-7-4-8-28-15)12(9-22)20(24-11)29-10-16(23)26/h2-8,17-18H,10H2,1H3,(H2,23,26)(H,25,27)/t17?,18-/m1/s1. The predicted octanol–water partition coefficient (Wildman–Crippen LogP) is 3.19. The van der Waals surface area contributed by atoms with Crippen molar-refractivity contribution >= 4 is 35.0 Å². The molecule has 1 aliphatic heterocycles. The second kappa shape index (κ2) is 8.75. The summed E-state index contributed by atoms with van der Waals surface area (Å²) in [4.78, 5) is 28.6. The molecule has 1 aliphatic rings. The number of nitrogens with zero attached hydrogens (tertiary/aromatic N) is 2. The molecular formula is C20H17FN4O3S. The molecule has 2 heterocycles. The van der Waals surface area contributed by atoms with Crippen LogP contribution >= 0.6 is 11.8 Å². The van der Waals surface area contributed by atoms with Crippen LogP contribution in [0.3, 0.4) is 0 Å². The molecule has 0 spiro atoms. The molecule has 0 radical (unpaired) electrons. The smallest absolute Gasteiger partial charge is 0.234 e. The van der Waals surface area contributed by atoms with E-state index in [1.807, 2.05) is 0 Å². The van der Waals surface area contributed by atoms with Crippen LogP contribution in [0.25, 0.3) is 0 Å². The summed E-state index contributed by atoms with van der Waals surface area (Å²) < 4.78 is 19.5. The van der Waals surface area contributed by atoms with Crippen LogP contribution in [0.2, 0.25) is 0 Å². The first-order chi connectivity index (χ1) is 13.9. The molecule has 1 aromatic heterocycles. The molecular weight excluding hydrogens is 395 g/mol. The van der Waals surface area contributed by atoms with Gasteiger partial charge in [0.05, 0.1) is 41.2 Å². The minimum Gasteiger partial charge on any atom is -0.469 e. The van der Waals surface area contributed by atoms with Crippen molar-refractivity contribution in [3.63, 3.8) is 0 Å². The Bertz CT molecular complexity index is 1040. The number of aliphatic imine (C=N–C) groups is 1. The van der Waals surface area contributed by atoms with Crippen molar-refractivity contribution in [1.82, 2.24) is 0 Å². The number of furan rings is 1. The van der Waals surface area contributed by atoms with Gasteiger partial charge < -0.3 is 15.5 Å². The van der Waals surface area contributed by atoms with Gasteiger partial charge in [0, 0.05) is 5.71 Å². The van der Waals surface area contributed by atoms with Gasteiger partial charge in [0.15, 0.2) is 0 Å². The number of carbonyl (C=O) groups excluding carboxylic acids is 2. The summed E-state index contributed by atoms with van der Waals surface area (Å²) >= 11 is 1.02. The summed E-state index contributed by atoms with van der Waals surface area (Å²) in [7, 11) is 0. The lowest BCUT2D eigenvalue weighted by atomic mass is 9.79. The number of halogens is 1. The van der Waals surface area contributed by atoms with E-state index in [0.717, 1.165) is 11.8 Å². The Kier molecular flexibility index (Phi) is 6.14. The monoisotopic (exact) mass is 412 g/mol. The molecule has 7 nitrogen and oxygen atoms in total. The van der Waals surface area contributed by atoms with Gasteiger partial charge in [-0.25, -0.2) is 9.38 Å². The molecule has 0 bridgehead atoms. The molecule has 0 fully saturated rings. The lowest BCUT2D eigenvalue weighted by Crippen LogP contribution is -2.36. The van der Waals surface area contributed by atoms with Gasteiger partial charge in [-0.3, -0.25) is 9.59 Å². The maximum atomic E-state index is 14.0. The van der Waals surface area contributed by atoms with Gasteiger partial charge in [0.25, 0.3) is 0 Å². The van der Waals surface area contributed by atoms with Crippen molar-refractivity contribution in [1.29, 1.82) is 5.26 Å². The average Bonchev–Trinajstić information content (AvgIpc) is 3.21. The molecule has 1 aromatic carbocycles. The number of thioether (sulfide) groups is 1. The Balaban J connectivity index is 2.01. The number of carbonyl (C=O) groups is 2. The van der Waals surface area contributed by atoms with Crippen LogP contribution < -0.4 is 11.1 Å². The van der Waals surface area contributed by atoms with E-state index in [1.54, 1.807) is 25.1 Å². The SMILES string of the molecule is CC1=NC(SCC(N)=O)=C(C#N)[C@H](c2ccco2)C1C(=O)Nc1ccccc1F. The predicted molar refractivity (Wildman–Crippen MR) is 107 cm³/mol. The minimum absolute atomic E-state index is 0.0277. The number of primary amides is 1. The van der Waals surface area contributed by atoms with Crippen LogP contribution in [0.1, 0.15) is 18.6 Å². The van der Waals surface area contributed by atoms with Gasteiger partial charge in [-0.2, -0.15) is 5.26 Å². The second-order valence-electron chi connectivity index (χ2n) is 6.28. The van der Waals surface area contributed by atoms with Gasteiger partial charge in [0.1, 0.15) is 16.6 Å². The zero-order valence-corrected chi connectivity index (χ0v) is 16.2. The van der Waals surface area contributed by atoms with E-state index in [-0.39, 0.29) is 17.0 Å². The maximum Gasteiger partial charge on any atom is 0.234 e. The first-order valence-electron chi connectivity index (χ1n) is 8.61. The zero-order chi connectivity index (χ0) is 21.0. The highest BCUT2D eigenvalue weighted by molar-refractivity contribution is 8.03. The van der Waals surface area contributed by atoms with E-state index in [9.17, 15) is 19.2 Å². The molecule has 1 unspecified atom stereocenters. The first-order valence-corrected chi connectivity index (χ1v) is 9.60. The highest BCUT2D eigenvalue weighted by Crippen LogP contribution is 2.42. The summed E-state index contributed by atoms with van der Waals surface area (Å²) in [6, 6.07) is 11.2. The molecule has 148 valence electrons. The molecule has 2 amide bonds. The number of para-hydroxylation sites is 1.